The maximum Gasteiger partial charge on any atom is 0.255 e. The quantitative estimate of drug-likeness (QED) is 0.518. The van der Waals surface area contributed by atoms with Crippen LogP contribution in [0, 0.1) is 0 Å². The number of hydrogen-bond acceptors (Lipinski definition) is 3. The van der Waals surface area contributed by atoms with Crippen molar-refractivity contribution in [2.24, 2.45) is 0 Å². The van der Waals surface area contributed by atoms with Crippen molar-refractivity contribution in [2.45, 2.75) is 0 Å². The number of rotatable bonds is 1. The molecule has 4 rings (SSSR count). The Morgan fingerprint density at radius 3 is 2.53 bits per heavy atom. The lowest BCUT2D eigenvalue weighted by Crippen LogP contribution is -1.94. The SMILES string of the molecule is c1ccc(-c2nc3nncn3c3ccccc23)cc1. The predicted octanol–water partition coefficient (Wildman–Crippen LogP) is 2.94. The van der Waals surface area contributed by atoms with Gasteiger partial charge in [-0.05, 0) is 6.07 Å². The molecule has 0 N–H and O–H groups in total. The van der Waals surface area contributed by atoms with E-state index in [-0.39, 0.29) is 0 Å². The molecule has 0 spiro atoms. The van der Waals surface area contributed by atoms with Crippen molar-refractivity contribution < 1.29 is 0 Å². The molecule has 4 heteroatoms. The van der Waals surface area contributed by atoms with E-state index >= 15 is 0 Å². The zero-order chi connectivity index (χ0) is 12.7. The third kappa shape index (κ3) is 1.50. The first-order valence-electron chi connectivity index (χ1n) is 6.07. The molecule has 90 valence electrons. The topological polar surface area (TPSA) is 43.1 Å². The van der Waals surface area contributed by atoms with Gasteiger partial charge in [-0.25, -0.2) is 4.98 Å². The molecule has 0 saturated heterocycles. The van der Waals surface area contributed by atoms with Gasteiger partial charge in [-0.1, -0.05) is 48.5 Å². The van der Waals surface area contributed by atoms with Gasteiger partial charge in [0.15, 0.2) is 0 Å². The van der Waals surface area contributed by atoms with Crippen LogP contribution in [0.2, 0.25) is 0 Å². The van der Waals surface area contributed by atoms with Crippen LogP contribution in [0.1, 0.15) is 0 Å². The van der Waals surface area contributed by atoms with E-state index in [2.05, 4.69) is 39.4 Å². The molecule has 4 nitrogen and oxygen atoms in total. The Morgan fingerprint density at radius 1 is 0.842 bits per heavy atom. The fourth-order valence-electron chi connectivity index (χ4n) is 2.34. The summed E-state index contributed by atoms with van der Waals surface area (Å²) in [7, 11) is 0. The van der Waals surface area contributed by atoms with Gasteiger partial charge >= 0.3 is 0 Å². The fourth-order valence-corrected chi connectivity index (χ4v) is 2.34. The molecule has 2 heterocycles. The minimum absolute atomic E-state index is 0.623. The highest BCUT2D eigenvalue weighted by molar-refractivity contribution is 5.93. The minimum Gasteiger partial charge on any atom is -0.265 e. The molecule has 0 aliphatic carbocycles. The lowest BCUT2D eigenvalue weighted by atomic mass is 10.1. The third-order valence-corrected chi connectivity index (χ3v) is 3.21. The number of hydrogen-bond donors (Lipinski definition) is 0. The Kier molecular flexibility index (Phi) is 2.08. The van der Waals surface area contributed by atoms with Gasteiger partial charge in [-0.2, -0.15) is 0 Å². The van der Waals surface area contributed by atoms with E-state index in [0.29, 0.717) is 5.78 Å². The Bertz CT molecular complexity index is 865. The van der Waals surface area contributed by atoms with Crippen LogP contribution in [0.25, 0.3) is 27.9 Å². The maximum atomic E-state index is 4.62. The van der Waals surface area contributed by atoms with Crippen molar-refractivity contribution in [2.75, 3.05) is 0 Å². The van der Waals surface area contributed by atoms with E-state index in [4.69, 9.17) is 0 Å². The van der Waals surface area contributed by atoms with Crippen LogP contribution in [0.3, 0.4) is 0 Å². The second-order valence-electron chi connectivity index (χ2n) is 4.34. The molecule has 0 amide bonds. The van der Waals surface area contributed by atoms with Gasteiger partial charge in [0, 0.05) is 10.9 Å². The molecule has 0 bridgehead atoms. The molecule has 0 unspecified atom stereocenters. The van der Waals surface area contributed by atoms with Gasteiger partial charge in [-0.3, -0.25) is 4.40 Å². The van der Waals surface area contributed by atoms with E-state index in [1.54, 1.807) is 6.33 Å². The molecule has 4 aromatic rings. The van der Waals surface area contributed by atoms with Gasteiger partial charge in [0.2, 0.25) is 0 Å². The van der Waals surface area contributed by atoms with E-state index in [0.717, 1.165) is 22.2 Å². The molecule has 0 radical (unpaired) electrons. The molecular formula is C15H10N4. The highest BCUT2D eigenvalue weighted by atomic mass is 15.3. The minimum atomic E-state index is 0.623. The summed E-state index contributed by atoms with van der Waals surface area (Å²) in [5.74, 6) is 0.623. The number of nitrogens with zero attached hydrogens (tertiary/aromatic N) is 4. The van der Waals surface area contributed by atoms with Crippen LogP contribution in [0.5, 0.6) is 0 Å². The largest absolute Gasteiger partial charge is 0.265 e. The average molecular weight is 246 g/mol. The van der Waals surface area contributed by atoms with Crippen molar-refractivity contribution in [3.8, 4) is 11.3 Å². The van der Waals surface area contributed by atoms with Gasteiger partial charge in [-0.15, -0.1) is 10.2 Å². The van der Waals surface area contributed by atoms with E-state index in [9.17, 15) is 0 Å². The molecule has 0 aliphatic rings. The first kappa shape index (κ1) is 10.2. The number of benzene rings is 2. The lowest BCUT2D eigenvalue weighted by molar-refractivity contribution is 1.10. The van der Waals surface area contributed by atoms with Crippen LogP contribution < -0.4 is 0 Å². The molecule has 0 fully saturated rings. The lowest BCUT2D eigenvalue weighted by Gasteiger charge is -2.07. The van der Waals surface area contributed by atoms with Crippen LogP contribution >= 0.6 is 0 Å². The number of aromatic nitrogens is 4. The van der Waals surface area contributed by atoms with Crippen LogP contribution in [0.15, 0.2) is 60.9 Å². The molecule has 0 saturated carbocycles. The highest BCUT2D eigenvalue weighted by Gasteiger charge is 2.10. The first-order chi connectivity index (χ1) is 9.43. The van der Waals surface area contributed by atoms with Crippen LogP contribution in [-0.2, 0) is 0 Å². The molecule has 19 heavy (non-hydrogen) atoms. The molecule has 0 atom stereocenters. The number of para-hydroxylation sites is 1. The van der Waals surface area contributed by atoms with Crippen molar-refractivity contribution in [3.05, 3.63) is 60.9 Å². The second-order valence-corrected chi connectivity index (χ2v) is 4.34. The molecular weight excluding hydrogens is 236 g/mol. The normalized spacial score (nSPS) is 11.2. The average Bonchev–Trinajstić information content (AvgIpc) is 2.96. The Labute approximate surface area is 109 Å². The summed E-state index contributed by atoms with van der Waals surface area (Å²) in [5.41, 5.74) is 3.09. The summed E-state index contributed by atoms with van der Waals surface area (Å²) in [6.45, 7) is 0. The molecule has 2 aromatic heterocycles. The fraction of sp³-hybridized carbons (Fsp3) is 0. The van der Waals surface area contributed by atoms with E-state index in [1.165, 1.54) is 0 Å². The zero-order valence-electron chi connectivity index (χ0n) is 10.1. The zero-order valence-corrected chi connectivity index (χ0v) is 10.1. The maximum absolute atomic E-state index is 4.62. The first-order valence-corrected chi connectivity index (χ1v) is 6.07. The van der Waals surface area contributed by atoms with Crippen molar-refractivity contribution in [1.29, 1.82) is 0 Å². The predicted molar refractivity (Wildman–Crippen MR) is 73.7 cm³/mol. The standard InChI is InChI=1S/C15H10N4/c1-2-6-11(7-3-1)14-12-8-4-5-9-13(12)19-10-16-18-15(19)17-14/h1-10H. The Morgan fingerprint density at radius 2 is 1.63 bits per heavy atom. The second kappa shape index (κ2) is 3.88. The van der Waals surface area contributed by atoms with Gasteiger partial charge in [0.05, 0.1) is 11.2 Å². The summed E-state index contributed by atoms with van der Waals surface area (Å²) in [6, 6.07) is 18.3. The summed E-state index contributed by atoms with van der Waals surface area (Å²) < 4.78 is 1.90. The van der Waals surface area contributed by atoms with Crippen molar-refractivity contribution >= 4 is 16.7 Å². The van der Waals surface area contributed by atoms with Gasteiger partial charge < -0.3 is 0 Å². The molecule has 2 aromatic carbocycles. The van der Waals surface area contributed by atoms with Crippen molar-refractivity contribution in [3.63, 3.8) is 0 Å². The monoisotopic (exact) mass is 246 g/mol. The summed E-state index contributed by atoms with van der Waals surface area (Å²) >= 11 is 0. The van der Waals surface area contributed by atoms with Crippen molar-refractivity contribution in [1.82, 2.24) is 19.6 Å². The van der Waals surface area contributed by atoms with Gasteiger partial charge in [0.25, 0.3) is 5.78 Å². The van der Waals surface area contributed by atoms with E-state index < -0.39 is 0 Å². The third-order valence-electron chi connectivity index (χ3n) is 3.21. The Hall–Kier alpha value is -2.75. The van der Waals surface area contributed by atoms with Gasteiger partial charge in [0.1, 0.15) is 6.33 Å². The van der Waals surface area contributed by atoms with E-state index in [1.807, 2.05) is 34.7 Å². The summed E-state index contributed by atoms with van der Waals surface area (Å²) in [5, 5.41) is 9.09. The smallest absolute Gasteiger partial charge is 0.255 e. The summed E-state index contributed by atoms with van der Waals surface area (Å²) in [6.07, 6.45) is 1.69. The number of fused-ring (bicyclic) bond motifs is 3. The summed E-state index contributed by atoms with van der Waals surface area (Å²) in [4.78, 5) is 4.62. The highest BCUT2D eigenvalue weighted by Crippen LogP contribution is 2.26. The van der Waals surface area contributed by atoms with Crippen LogP contribution in [0.4, 0.5) is 0 Å². The Balaban J connectivity index is 2.19. The molecule has 0 aliphatic heterocycles. The van der Waals surface area contributed by atoms with Crippen LogP contribution in [-0.4, -0.2) is 19.6 Å².